The van der Waals surface area contributed by atoms with Gasteiger partial charge in [-0.1, -0.05) is 0 Å². The molecule has 0 bridgehead atoms. The van der Waals surface area contributed by atoms with Gasteiger partial charge in [0.25, 0.3) is 5.56 Å². The van der Waals surface area contributed by atoms with E-state index in [0.29, 0.717) is 5.56 Å². The first-order chi connectivity index (χ1) is 12.6. The molecule has 2 rings (SSSR count). The Kier molecular flexibility index (Phi) is 6.76. The van der Waals surface area contributed by atoms with Gasteiger partial charge in [-0.15, -0.1) is 0 Å². The lowest BCUT2D eigenvalue weighted by Gasteiger charge is -2.25. The molecule has 2 heterocycles. The van der Waals surface area contributed by atoms with E-state index < -0.39 is 45.8 Å². The highest BCUT2D eigenvalue weighted by molar-refractivity contribution is 7.92. The summed E-state index contributed by atoms with van der Waals surface area (Å²) in [6.45, 7) is 5.20. The van der Waals surface area contributed by atoms with E-state index >= 15 is 0 Å². The molecule has 1 aromatic heterocycles. The molecule has 10 nitrogen and oxygen atoms in total. The maximum absolute atomic E-state index is 12.2. The number of nitrogens with zero attached hydrogens (tertiary/aromatic N) is 1. The molecule has 1 aliphatic rings. The van der Waals surface area contributed by atoms with Crippen molar-refractivity contribution in [3.05, 3.63) is 44.1 Å². The molecule has 0 aliphatic carbocycles. The van der Waals surface area contributed by atoms with Gasteiger partial charge in [0.15, 0.2) is 6.23 Å². The van der Waals surface area contributed by atoms with E-state index in [-0.39, 0.29) is 6.10 Å². The molecule has 2 N–H and O–H groups in total. The molecule has 152 valence electrons. The molecule has 4 atom stereocenters. The van der Waals surface area contributed by atoms with Crippen LogP contribution in [0, 0.1) is 6.92 Å². The molecule has 0 radical (unpaired) electrons. The Morgan fingerprint density at radius 2 is 2.00 bits per heavy atom. The fourth-order valence-electron chi connectivity index (χ4n) is 2.79. The summed E-state index contributed by atoms with van der Waals surface area (Å²) in [7, 11) is -0.874. The van der Waals surface area contributed by atoms with Crippen LogP contribution < -0.4 is 16.0 Å². The summed E-state index contributed by atoms with van der Waals surface area (Å²) in [6, 6.07) is 0. The Morgan fingerprint density at radius 3 is 2.56 bits per heavy atom. The molecular weight excluding hydrogens is 378 g/mol. The topological polar surface area (TPSA) is 129 Å². The average molecular weight is 403 g/mol. The van der Waals surface area contributed by atoms with Gasteiger partial charge in [0.1, 0.15) is 18.3 Å². The zero-order valence-corrected chi connectivity index (χ0v) is 16.6. The summed E-state index contributed by atoms with van der Waals surface area (Å²) in [6.07, 6.45) is -0.543. The highest BCUT2D eigenvalue weighted by atomic mass is 32.2. The summed E-state index contributed by atoms with van der Waals surface area (Å²) in [5.74, 6) is 0. The molecule has 1 aliphatic heterocycles. The monoisotopic (exact) mass is 403 g/mol. The second-order valence-corrected chi connectivity index (χ2v) is 8.17. The largest absolute Gasteiger partial charge is 0.374 e. The Balaban J connectivity index is 2.46. The minimum absolute atomic E-state index is 0.194. The van der Waals surface area contributed by atoms with E-state index in [9.17, 15) is 18.0 Å². The van der Waals surface area contributed by atoms with E-state index in [1.807, 2.05) is 13.8 Å². The smallest absolute Gasteiger partial charge is 0.330 e. The van der Waals surface area contributed by atoms with Crippen molar-refractivity contribution in [1.82, 2.24) is 14.3 Å². The number of aryl methyl sites for hydroxylation is 1. The highest BCUT2D eigenvalue weighted by Gasteiger charge is 2.46. The first-order valence-corrected chi connectivity index (χ1v) is 9.91. The first kappa shape index (κ1) is 21.5. The summed E-state index contributed by atoms with van der Waals surface area (Å²) < 4.78 is 44.1. The maximum Gasteiger partial charge on any atom is 0.330 e. The van der Waals surface area contributed by atoms with E-state index in [2.05, 4.69) is 9.71 Å². The third-order valence-corrected chi connectivity index (χ3v) is 5.16. The van der Waals surface area contributed by atoms with Crippen LogP contribution in [0.4, 0.5) is 0 Å². The minimum atomic E-state index is -3.61. The summed E-state index contributed by atoms with van der Waals surface area (Å²) in [4.78, 5) is 26.1. The lowest BCUT2D eigenvalue weighted by molar-refractivity contribution is -0.0768. The molecule has 1 saturated heterocycles. The first-order valence-electron chi connectivity index (χ1n) is 8.37. The number of rotatable bonds is 7. The predicted octanol–water partition coefficient (Wildman–Crippen LogP) is -0.386. The van der Waals surface area contributed by atoms with E-state index in [1.54, 1.807) is 6.92 Å². The molecule has 0 amide bonds. The van der Waals surface area contributed by atoms with Gasteiger partial charge in [-0.05, 0) is 33.9 Å². The average Bonchev–Trinajstić information content (AvgIpc) is 2.93. The van der Waals surface area contributed by atoms with Crippen molar-refractivity contribution in [3.8, 4) is 0 Å². The standard InChI is InChI=1S/C16H25N3O7S/c1-9(2)25-12-11(6-7-27(22,23)17-4)26-15(13(12)24-5)19-8-10(3)14(20)18-16(19)21/h6-9,11-13,15,17H,1-5H3,(H,18,20,21)/b7-6+/t11-,12-,13-,15-/m1/s1. The molecule has 0 saturated carbocycles. The Bertz CT molecular complexity index is 903. The lowest BCUT2D eigenvalue weighted by Crippen LogP contribution is -2.40. The molecule has 0 spiro atoms. The van der Waals surface area contributed by atoms with Gasteiger partial charge in [0, 0.05) is 24.3 Å². The van der Waals surface area contributed by atoms with Crippen molar-refractivity contribution in [1.29, 1.82) is 0 Å². The summed E-state index contributed by atoms with van der Waals surface area (Å²) in [5, 5.41) is 0.977. The third-order valence-electron chi connectivity index (χ3n) is 4.08. The number of aromatic nitrogens is 2. The van der Waals surface area contributed by atoms with Crippen LogP contribution in [0.2, 0.25) is 0 Å². The van der Waals surface area contributed by atoms with Crippen LogP contribution in [0.3, 0.4) is 0 Å². The van der Waals surface area contributed by atoms with Crippen LogP contribution in [-0.2, 0) is 24.2 Å². The van der Waals surface area contributed by atoms with Gasteiger partial charge >= 0.3 is 5.69 Å². The second kappa shape index (κ2) is 8.48. The SMILES string of the molecule is CNS(=O)(=O)/C=C/[C@H]1O[C@@H](n2cc(C)c(=O)[nH]c2=O)[C@H](OC)[C@@H]1OC(C)C. The molecule has 27 heavy (non-hydrogen) atoms. The Hall–Kier alpha value is -1.79. The molecule has 0 unspecified atom stereocenters. The van der Waals surface area contributed by atoms with Crippen molar-refractivity contribution in [3.63, 3.8) is 0 Å². The van der Waals surface area contributed by atoms with Gasteiger partial charge in [0.05, 0.1) is 6.10 Å². The number of nitrogens with one attached hydrogen (secondary N) is 2. The number of hydrogen-bond acceptors (Lipinski definition) is 7. The number of H-pyrrole nitrogens is 1. The fourth-order valence-corrected chi connectivity index (χ4v) is 3.29. The number of hydrogen-bond donors (Lipinski definition) is 2. The Morgan fingerprint density at radius 1 is 1.33 bits per heavy atom. The van der Waals surface area contributed by atoms with Crippen LogP contribution in [0.1, 0.15) is 25.6 Å². The van der Waals surface area contributed by atoms with Gasteiger partial charge in [-0.2, -0.15) is 0 Å². The van der Waals surface area contributed by atoms with E-state index in [1.165, 1.54) is 31.0 Å². The number of ether oxygens (including phenoxy) is 3. The molecule has 11 heteroatoms. The van der Waals surface area contributed by atoms with E-state index in [4.69, 9.17) is 14.2 Å². The highest BCUT2D eigenvalue weighted by Crippen LogP contribution is 2.34. The molecule has 0 aromatic carbocycles. The Labute approximate surface area is 157 Å². The van der Waals surface area contributed by atoms with Crippen LogP contribution in [-0.4, -0.2) is 56.5 Å². The van der Waals surface area contributed by atoms with Crippen molar-refractivity contribution in [2.75, 3.05) is 14.2 Å². The third kappa shape index (κ3) is 4.93. The van der Waals surface area contributed by atoms with Crippen LogP contribution in [0.5, 0.6) is 0 Å². The zero-order valence-electron chi connectivity index (χ0n) is 15.8. The number of methoxy groups -OCH3 is 1. The molecule has 1 aromatic rings. The quantitative estimate of drug-likeness (QED) is 0.635. The van der Waals surface area contributed by atoms with Crippen molar-refractivity contribution >= 4 is 10.0 Å². The minimum Gasteiger partial charge on any atom is -0.374 e. The van der Waals surface area contributed by atoms with Gasteiger partial charge in [0.2, 0.25) is 10.0 Å². The number of aromatic amines is 1. The summed E-state index contributed by atoms with van der Waals surface area (Å²) in [5.41, 5.74) is -0.825. The van der Waals surface area contributed by atoms with Crippen LogP contribution in [0.15, 0.2) is 27.3 Å². The van der Waals surface area contributed by atoms with Gasteiger partial charge in [-0.3, -0.25) is 14.3 Å². The van der Waals surface area contributed by atoms with Gasteiger partial charge < -0.3 is 14.2 Å². The van der Waals surface area contributed by atoms with Crippen molar-refractivity contribution in [2.24, 2.45) is 0 Å². The predicted molar refractivity (Wildman–Crippen MR) is 97.9 cm³/mol. The van der Waals surface area contributed by atoms with Crippen LogP contribution >= 0.6 is 0 Å². The normalized spacial score (nSPS) is 26.3. The second-order valence-electron chi connectivity index (χ2n) is 6.40. The van der Waals surface area contributed by atoms with Crippen molar-refractivity contribution < 1.29 is 22.6 Å². The lowest BCUT2D eigenvalue weighted by atomic mass is 10.1. The molecular formula is C16H25N3O7S. The van der Waals surface area contributed by atoms with Gasteiger partial charge in [-0.25, -0.2) is 17.9 Å². The number of sulfonamides is 1. The zero-order chi connectivity index (χ0) is 20.4. The maximum atomic E-state index is 12.2. The van der Waals surface area contributed by atoms with E-state index in [0.717, 1.165) is 5.41 Å². The van der Waals surface area contributed by atoms with Crippen LogP contribution in [0.25, 0.3) is 0 Å². The summed E-state index contributed by atoms with van der Waals surface area (Å²) >= 11 is 0. The fraction of sp³-hybridized carbons (Fsp3) is 0.625. The van der Waals surface area contributed by atoms with Crippen molar-refractivity contribution in [2.45, 2.75) is 51.4 Å². The molecule has 1 fully saturated rings.